The standard InChI is InChI=1S/C11H13N3O2S2/c1-7-3-4-10(9(12)5-7)14-18(15,16)11-6-13-8(2)17-11/h3-6,14H,12H2,1-2H3. The minimum atomic E-state index is -3.60. The fraction of sp³-hybridized carbons (Fsp3) is 0.182. The van der Waals surface area contributed by atoms with Gasteiger partial charge in [0.05, 0.1) is 22.6 Å². The van der Waals surface area contributed by atoms with Gasteiger partial charge in [-0.1, -0.05) is 6.07 Å². The first-order valence-electron chi connectivity index (χ1n) is 5.20. The van der Waals surface area contributed by atoms with Crippen molar-refractivity contribution < 1.29 is 8.42 Å². The Balaban J connectivity index is 2.33. The Morgan fingerprint density at radius 3 is 2.61 bits per heavy atom. The van der Waals surface area contributed by atoms with Crippen molar-refractivity contribution >= 4 is 32.7 Å². The lowest BCUT2D eigenvalue weighted by molar-refractivity contribution is 0.603. The van der Waals surface area contributed by atoms with Crippen LogP contribution in [0.3, 0.4) is 0 Å². The van der Waals surface area contributed by atoms with E-state index in [4.69, 9.17) is 5.73 Å². The number of rotatable bonds is 3. The minimum Gasteiger partial charge on any atom is -0.397 e. The molecule has 0 aliphatic rings. The molecule has 3 N–H and O–H groups in total. The number of sulfonamides is 1. The highest BCUT2D eigenvalue weighted by Crippen LogP contribution is 2.25. The van der Waals surface area contributed by atoms with Crippen LogP contribution in [0.1, 0.15) is 10.6 Å². The van der Waals surface area contributed by atoms with Crippen LogP contribution in [0, 0.1) is 13.8 Å². The van der Waals surface area contributed by atoms with Crippen molar-refractivity contribution in [3.05, 3.63) is 35.0 Å². The van der Waals surface area contributed by atoms with E-state index in [1.54, 1.807) is 25.1 Å². The SMILES string of the molecule is Cc1ccc(NS(=O)(=O)c2cnc(C)s2)c(N)c1. The molecule has 7 heteroatoms. The van der Waals surface area contributed by atoms with E-state index in [9.17, 15) is 8.42 Å². The number of nitrogens with two attached hydrogens (primary N) is 1. The first kappa shape index (κ1) is 12.8. The van der Waals surface area contributed by atoms with Gasteiger partial charge in [0.25, 0.3) is 10.0 Å². The number of anilines is 2. The molecular weight excluding hydrogens is 270 g/mol. The Bertz CT molecular complexity index is 677. The monoisotopic (exact) mass is 283 g/mol. The van der Waals surface area contributed by atoms with Gasteiger partial charge in [-0.05, 0) is 31.5 Å². The van der Waals surface area contributed by atoms with E-state index in [0.717, 1.165) is 16.9 Å². The summed E-state index contributed by atoms with van der Waals surface area (Å²) in [5, 5.41) is 0.701. The zero-order valence-corrected chi connectivity index (χ0v) is 11.6. The first-order valence-corrected chi connectivity index (χ1v) is 7.50. The predicted molar refractivity (Wildman–Crippen MR) is 73.3 cm³/mol. The summed E-state index contributed by atoms with van der Waals surface area (Å²) in [5.41, 5.74) is 7.53. The highest BCUT2D eigenvalue weighted by atomic mass is 32.2. The van der Waals surface area contributed by atoms with Crippen LogP contribution in [-0.2, 0) is 10.0 Å². The van der Waals surface area contributed by atoms with Gasteiger partial charge >= 0.3 is 0 Å². The zero-order valence-electron chi connectivity index (χ0n) is 9.97. The maximum Gasteiger partial charge on any atom is 0.273 e. The van der Waals surface area contributed by atoms with Gasteiger partial charge in [-0.25, -0.2) is 13.4 Å². The van der Waals surface area contributed by atoms with Gasteiger partial charge in [0, 0.05) is 0 Å². The molecule has 0 spiro atoms. The van der Waals surface area contributed by atoms with Gasteiger partial charge in [0.2, 0.25) is 0 Å². The molecule has 5 nitrogen and oxygen atoms in total. The van der Waals surface area contributed by atoms with Crippen molar-refractivity contribution in [3.63, 3.8) is 0 Å². The second kappa shape index (κ2) is 4.58. The maximum atomic E-state index is 12.1. The molecule has 0 saturated heterocycles. The van der Waals surface area contributed by atoms with Crippen LogP contribution in [0.4, 0.5) is 11.4 Å². The van der Waals surface area contributed by atoms with Crippen molar-refractivity contribution in [1.29, 1.82) is 0 Å². The third kappa shape index (κ3) is 2.62. The molecule has 1 heterocycles. The maximum absolute atomic E-state index is 12.1. The van der Waals surface area contributed by atoms with Gasteiger partial charge < -0.3 is 5.73 Å². The summed E-state index contributed by atoms with van der Waals surface area (Å²) >= 11 is 1.12. The molecule has 0 amide bonds. The van der Waals surface area contributed by atoms with Crippen LogP contribution in [-0.4, -0.2) is 13.4 Å². The second-order valence-corrected chi connectivity index (χ2v) is 7.04. The summed E-state index contributed by atoms with van der Waals surface area (Å²) in [7, 11) is -3.60. The number of nitrogen functional groups attached to an aromatic ring is 1. The highest BCUT2D eigenvalue weighted by molar-refractivity contribution is 7.94. The van der Waals surface area contributed by atoms with Crippen molar-refractivity contribution in [2.75, 3.05) is 10.5 Å². The van der Waals surface area contributed by atoms with Gasteiger partial charge in [-0.3, -0.25) is 4.72 Å². The van der Waals surface area contributed by atoms with Gasteiger partial charge in [-0.15, -0.1) is 11.3 Å². The highest BCUT2D eigenvalue weighted by Gasteiger charge is 2.18. The van der Waals surface area contributed by atoms with E-state index in [2.05, 4.69) is 9.71 Å². The molecule has 0 aliphatic heterocycles. The number of aromatic nitrogens is 1. The summed E-state index contributed by atoms with van der Waals surface area (Å²) in [6, 6.07) is 5.16. The van der Waals surface area contributed by atoms with Crippen LogP contribution in [0.5, 0.6) is 0 Å². The lowest BCUT2D eigenvalue weighted by Gasteiger charge is -2.09. The van der Waals surface area contributed by atoms with E-state index in [-0.39, 0.29) is 4.21 Å². The molecule has 0 bridgehead atoms. The van der Waals surface area contributed by atoms with E-state index >= 15 is 0 Å². The molecule has 0 radical (unpaired) electrons. The predicted octanol–water partition coefficient (Wildman–Crippen LogP) is 2.14. The number of nitrogens with zero attached hydrogens (tertiary/aromatic N) is 1. The van der Waals surface area contributed by atoms with Crippen LogP contribution >= 0.6 is 11.3 Å². The Labute approximate surface area is 110 Å². The Morgan fingerprint density at radius 1 is 1.33 bits per heavy atom. The normalized spacial score (nSPS) is 11.4. The third-order valence-corrected chi connectivity index (χ3v) is 5.06. The summed E-state index contributed by atoms with van der Waals surface area (Å²) in [6.45, 7) is 3.64. The van der Waals surface area contributed by atoms with Crippen LogP contribution < -0.4 is 10.5 Å². The molecule has 0 saturated carbocycles. The van der Waals surface area contributed by atoms with Gasteiger partial charge in [0.15, 0.2) is 4.21 Å². The Hall–Kier alpha value is -1.60. The molecule has 0 unspecified atom stereocenters. The fourth-order valence-electron chi connectivity index (χ4n) is 1.44. The van der Waals surface area contributed by atoms with Crippen molar-refractivity contribution in [1.82, 2.24) is 4.98 Å². The molecule has 96 valence electrons. The molecule has 2 rings (SSSR count). The molecule has 18 heavy (non-hydrogen) atoms. The third-order valence-electron chi connectivity index (χ3n) is 2.32. The second-order valence-electron chi connectivity index (χ2n) is 3.89. The molecule has 0 aliphatic carbocycles. The smallest absolute Gasteiger partial charge is 0.273 e. The lowest BCUT2D eigenvalue weighted by atomic mass is 10.2. The van der Waals surface area contributed by atoms with Crippen molar-refractivity contribution in [2.45, 2.75) is 18.1 Å². The number of hydrogen-bond donors (Lipinski definition) is 2. The molecule has 1 aromatic carbocycles. The number of benzene rings is 1. The number of aryl methyl sites for hydroxylation is 2. The Kier molecular flexibility index (Phi) is 3.27. The Morgan fingerprint density at radius 2 is 2.06 bits per heavy atom. The summed E-state index contributed by atoms with van der Waals surface area (Å²) in [5.74, 6) is 0. The summed E-state index contributed by atoms with van der Waals surface area (Å²) in [6.07, 6.45) is 1.34. The average molecular weight is 283 g/mol. The van der Waals surface area contributed by atoms with E-state index < -0.39 is 10.0 Å². The fourth-order valence-corrected chi connectivity index (χ4v) is 3.63. The number of hydrogen-bond acceptors (Lipinski definition) is 5. The van der Waals surface area contributed by atoms with E-state index in [1.807, 2.05) is 6.92 Å². The van der Waals surface area contributed by atoms with Crippen LogP contribution in [0.2, 0.25) is 0 Å². The largest absolute Gasteiger partial charge is 0.397 e. The van der Waals surface area contributed by atoms with Gasteiger partial charge in [0.1, 0.15) is 0 Å². The number of nitrogens with one attached hydrogen (secondary N) is 1. The average Bonchev–Trinajstić information content (AvgIpc) is 2.70. The van der Waals surface area contributed by atoms with Crippen LogP contribution in [0.25, 0.3) is 0 Å². The first-order chi connectivity index (χ1) is 8.38. The lowest BCUT2D eigenvalue weighted by Crippen LogP contribution is -2.12. The molecule has 1 aromatic heterocycles. The van der Waals surface area contributed by atoms with Crippen LogP contribution in [0.15, 0.2) is 28.6 Å². The van der Waals surface area contributed by atoms with E-state index in [0.29, 0.717) is 16.4 Å². The number of thiazole rings is 1. The van der Waals surface area contributed by atoms with E-state index in [1.165, 1.54) is 6.20 Å². The minimum absolute atomic E-state index is 0.181. The quantitative estimate of drug-likeness (QED) is 0.845. The summed E-state index contributed by atoms with van der Waals surface area (Å²) in [4.78, 5) is 3.93. The molecule has 0 fully saturated rings. The molecular formula is C11H13N3O2S2. The molecule has 0 atom stereocenters. The topological polar surface area (TPSA) is 85.1 Å². The summed E-state index contributed by atoms with van der Waals surface area (Å²) < 4.78 is 26.8. The van der Waals surface area contributed by atoms with Gasteiger partial charge in [-0.2, -0.15) is 0 Å². The van der Waals surface area contributed by atoms with Crippen molar-refractivity contribution in [3.8, 4) is 0 Å². The molecule has 2 aromatic rings. The zero-order chi connectivity index (χ0) is 13.3. The van der Waals surface area contributed by atoms with Crippen molar-refractivity contribution in [2.24, 2.45) is 0 Å².